The summed E-state index contributed by atoms with van der Waals surface area (Å²) in [5.74, 6) is -1.39. The molecular formula is C10H10F3NO4S. The van der Waals surface area contributed by atoms with Gasteiger partial charge in [0.05, 0.1) is 0 Å². The fourth-order valence-electron chi connectivity index (χ4n) is 1.26. The summed E-state index contributed by atoms with van der Waals surface area (Å²) in [5.41, 5.74) is -0.0475. The van der Waals surface area contributed by atoms with Crippen LogP contribution >= 0.6 is 0 Å². The van der Waals surface area contributed by atoms with Gasteiger partial charge in [-0.2, -0.15) is 0 Å². The number of halogens is 3. The molecule has 0 heterocycles. The summed E-state index contributed by atoms with van der Waals surface area (Å²) in [6.07, 6.45) is -5.01. The maximum atomic E-state index is 12.1. The summed E-state index contributed by atoms with van der Waals surface area (Å²) in [6.45, 7) is 0. The van der Waals surface area contributed by atoms with Gasteiger partial charge in [-0.05, 0) is 18.2 Å². The Morgan fingerprint density at radius 1 is 1.26 bits per heavy atom. The van der Waals surface area contributed by atoms with E-state index in [9.17, 15) is 26.4 Å². The van der Waals surface area contributed by atoms with Crippen LogP contribution in [0.5, 0.6) is 5.75 Å². The zero-order valence-corrected chi connectivity index (χ0v) is 10.8. The van der Waals surface area contributed by atoms with E-state index < -0.39 is 33.6 Å². The number of carbonyl (C=O) groups excluding carboxylic acids is 1. The number of hydrogen-bond acceptors (Lipinski definition) is 4. The van der Waals surface area contributed by atoms with E-state index >= 15 is 0 Å². The molecule has 0 aromatic heterocycles. The van der Waals surface area contributed by atoms with E-state index in [4.69, 9.17) is 0 Å². The molecule has 0 aliphatic rings. The Kier molecular flexibility index (Phi) is 4.40. The number of nitrogens with zero attached hydrogens (tertiary/aromatic N) is 1. The lowest BCUT2D eigenvalue weighted by Crippen LogP contribution is -2.22. The third kappa shape index (κ3) is 4.12. The number of amides is 1. The minimum Gasteiger partial charge on any atom is -0.404 e. The average molecular weight is 297 g/mol. The van der Waals surface area contributed by atoms with Gasteiger partial charge in [0.25, 0.3) is 5.91 Å². The quantitative estimate of drug-likeness (QED) is 0.853. The van der Waals surface area contributed by atoms with Crippen LogP contribution < -0.4 is 4.74 Å². The molecule has 0 saturated heterocycles. The van der Waals surface area contributed by atoms with Gasteiger partial charge < -0.3 is 9.64 Å². The molecule has 0 bridgehead atoms. The van der Waals surface area contributed by atoms with E-state index in [2.05, 4.69) is 4.74 Å². The number of rotatable bonds is 3. The Balaban J connectivity index is 3.27. The molecule has 1 aromatic rings. The maximum absolute atomic E-state index is 12.1. The van der Waals surface area contributed by atoms with Crippen molar-refractivity contribution in [2.45, 2.75) is 11.3 Å². The number of thiol groups is 1. The molecule has 106 valence electrons. The highest BCUT2D eigenvalue weighted by Crippen LogP contribution is 2.28. The number of alkyl halides is 3. The van der Waals surface area contributed by atoms with Crippen LogP contribution in [-0.4, -0.2) is 39.7 Å². The Morgan fingerprint density at radius 3 is 2.26 bits per heavy atom. The van der Waals surface area contributed by atoms with Crippen LogP contribution in [0.4, 0.5) is 13.2 Å². The Morgan fingerprint density at radius 2 is 1.84 bits per heavy atom. The fourth-order valence-corrected chi connectivity index (χ4v) is 1.81. The molecule has 1 aromatic carbocycles. The number of benzene rings is 1. The van der Waals surface area contributed by atoms with Crippen LogP contribution in [0, 0.1) is 0 Å². The molecule has 5 nitrogen and oxygen atoms in total. The van der Waals surface area contributed by atoms with Crippen LogP contribution in [0.1, 0.15) is 10.4 Å². The molecule has 0 unspecified atom stereocenters. The first-order valence-corrected chi connectivity index (χ1v) is 6.05. The molecule has 0 aliphatic heterocycles. The second-order valence-corrected chi connectivity index (χ2v) is 4.68. The van der Waals surface area contributed by atoms with Gasteiger partial charge in [0, 0.05) is 19.7 Å². The Hall–Kier alpha value is -1.77. The minimum absolute atomic E-state index is 0.0475. The molecule has 0 spiro atoms. The maximum Gasteiger partial charge on any atom is 0.573 e. The van der Waals surface area contributed by atoms with E-state index in [1.54, 1.807) is 0 Å². The average Bonchev–Trinajstić information content (AvgIpc) is 2.26. The molecule has 0 saturated carbocycles. The van der Waals surface area contributed by atoms with E-state index in [1.807, 2.05) is 0 Å². The first-order valence-electron chi connectivity index (χ1n) is 4.87. The first-order chi connectivity index (χ1) is 8.61. The van der Waals surface area contributed by atoms with Crippen LogP contribution in [0.25, 0.3) is 0 Å². The van der Waals surface area contributed by atoms with Crippen LogP contribution in [0.15, 0.2) is 23.1 Å². The van der Waals surface area contributed by atoms with E-state index in [0.717, 1.165) is 18.2 Å². The van der Waals surface area contributed by atoms with Crippen molar-refractivity contribution >= 4 is 16.6 Å². The smallest absolute Gasteiger partial charge is 0.404 e. The normalized spacial score (nSPS) is 11.5. The van der Waals surface area contributed by atoms with Crippen molar-refractivity contribution in [3.63, 3.8) is 0 Å². The molecule has 0 aliphatic carbocycles. The molecule has 0 N–H and O–H groups in total. The van der Waals surface area contributed by atoms with E-state index in [0.29, 0.717) is 0 Å². The Labute approximate surface area is 108 Å². The van der Waals surface area contributed by atoms with Gasteiger partial charge in [0.15, 0.2) is 10.7 Å². The van der Waals surface area contributed by atoms with Gasteiger partial charge >= 0.3 is 6.36 Å². The molecule has 1 amide bonds. The second kappa shape index (κ2) is 5.47. The zero-order valence-electron chi connectivity index (χ0n) is 9.89. The lowest BCUT2D eigenvalue weighted by atomic mass is 10.2. The SMILES string of the molecule is CN(C)C(=O)c1ccc(OC(F)(F)F)c([SH](=O)=O)c1. The highest BCUT2D eigenvalue weighted by atomic mass is 32.2. The zero-order chi connectivity index (χ0) is 14.8. The molecule has 9 heteroatoms. The topological polar surface area (TPSA) is 63.7 Å². The summed E-state index contributed by atoms with van der Waals surface area (Å²) < 4.78 is 61.6. The third-order valence-electron chi connectivity index (χ3n) is 2.03. The first kappa shape index (κ1) is 15.3. The van der Waals surface area contributed by atoms with Crippen molar-refractivity contribution < 1.29 is 31.1 Å². The van der Waals surface area contributed by atoms with E-state index in [1.165, 1.54) is 19.0 Å². The molecule has 0 radical (unpaired) electrons. The predicted molar refractivity (Wildman–Crippen MR) is 59.7 cm³/mol. The van der Waals surface area contributed by atoms with Gasteiger partial charge in [0.2, 0.25) is 0 Å². The largest absolute Gasteiger partial charge is 0.573 e. The lowest BCUT2D eigenvalue weighted by Gasteiger charge is -2.13. The third-order valence-corrected chi connectivity index (χ3v) is 2.78. The molecule has 19 heavy (non-hydrogen) atoms. The van der Waals surface area contributed by atoms with Gasteiger partial charge in [-0.3, -0.25) is 4.79 Å². The minimum atomic E-state index is -5.01. The number of hydrogen-bond donors (Lipinski definition) is 1. The lowest BCUT2D eigenvalue weighted by molar-refractivity contribution is -0.275. The molecule has 0 atom stereocenters. The second-order valence-electron chi connectivity index (χ2n) is 3.69. The molecule has 0 fully saturated rings. The van der Waals surface area contributed by atoms with Gasteiger partial charge in [-0.15, -0.1) is 13.2 Å². The van der Waals surface area contributed by atoms with Crippen molar-refractivity contribution in [3.8, 4) is 5.75 Å². The summed E-state index contributed by atoms with van der Waals surface area (Å²) in [7, 11) is -0.466. The predicted octanol–water partition coefficient (Wildman–Crippen LogP) is 1.26. The van der Waals surface area contributed by atoms with Crippen molar-refractivity contribution in [1.29, 1.82) is 0 Å². The van der Waals surface area contributed by atoms with Crippen molar-refractivity contribution in [3.05, 3.63) is 23.8 Å². The summed E-state index contributed by atoms with van der Waals surface area (Å²) in [4.78, 5) is 12.1. The van der Waals surface area contributed by atoms with Gasteiger partial charge in [0.1, 0.15) is 10.6 Å². The van der Waals surface area contributed by atoms with Gasteiger partial charge in [-0.25, -0.2) is 8.42 Å². The fraction of sp³-hybridized carbons (Fsp3) is 0.300. The van der Waals surface area contributed by atoms with Crippen molar-refractivity contribution in [2.24, 2.45) is 0 Å². The van der Waals surface area contributed by atoms with Crippen LogP contribution in [0.2, 0.25) is 0 Å². The molecule has 1 rings (SSSR count). The van der Waals surface area contributed by atoms with Crippen LogP contribution in [0.3, 0.4) is 0 Å². The number of ether oxygens (including phenoxy) is 1. The summed E-state index contributed by atoms with van der Waals surface area (Å²) in [6, 6.07) is 2.70. The Bertz CT molecular complexity index is 558. The summed E-state index contributed by atoms with van der Waals surface area (Å²) in [5, 5.41) is 0. The summed E-state index contributed by atoms with van der Waals surface area (Å²) >= 11 is 0. The molecular weight excluding hydrogens is 287 g/mol. The standard InChI is InChI=1S/C10H10F3NO4S/c1-14(2)9(15)6-3-4-7(18-10(11,12)13)8(5-6)19(16)17/h3-5,19H,1-2H3. The van der Waals surface area contributed by atoms with Crippen molar-refractivity contribution in [1.82, 2.24) is 4.90 Å². The van der Waals surface area contributed by atoms with Crippen LogP contribution in [-0.2, 0) is 10.7 Å². The highest BCUT2D eigenvalue weighted by Gasteiger charge is 2.32. The highest BCUT2D eigenvalue weighted by molar-refractivity contribution is 7.72. The van der Waals surface area contributed by atoms with Gasteiger partial charge in [-0.1, -0.05) is 0 Å². The van der Waals surface area contributed by atoms with Crippen molar-refractivity contribution in [2.75, 3.05) is 14.1 Å². The monoisotopic (exact) mass is 297 g/mol. The number of carbonyl (C=O) groups is 1. The van der Waals surface area contributed by atoms with E-state index in [-0.39, 0.29) is 5.56 Å².